The number of hydrogen-bond acceptors (Lipinski definition) is 6. The standard InChI is InChI=1S/C26H32FN5O4/c1-16-12-22(35-3)28-15-20(16)23-26(36-25(34)32-31-23)10-8-18(9-11-26)13-17(2)30-24(33)29-14-19-6-4-5-7-21(19)27/h4-7,12,15,17-18H,8-11,13-14H2,1-3H3,(H,32,34)(H2,29,30,33)/t17-,18?,26?/m0/s1. The van der Waals surface area contributed by atoms with Gasteiger partial charge in [-0.3, -0.25) is 0 Å². The summed E-state index contributed by atoms with van der Waals surface area (Å²) in [4.78, 5) is 28.7. The third kappa shape index (κ3) is 5.75. The third-order valence-corrected chi connectivity index (χ3v) is 6.90. The Morgan fingerprint density at radius 2 is 2.08 bits per heavy atom. The number of carbonyl (C=O) groups is 2. The molecule has 1 saturated carbocycles. The van der Waals surface area contributed by atoms with Crippen LogP contribution >= 0.6 is 0 Å². The van der Waals surface area contributed by atoms with Gasteiger partial charge in [-0.15, -0.1) is 0 Å². The molecule has 0 saturated heterocycles. The highest BCUT2D eigenvalue weighted by atomic mass is 19.1. The van der Waals surface area contributed by atoms with Crippen LogP contribution in [0.1, 0.15) is 55.7 Å². The van der Waals surface area contributed by atoms with Crippen LogP contribution in [0.2, 0.25) is 0 Å². The van der Waals surface area contributed by atoms with E-state index < -0.39 is 11.7 Å². The maximum Gasteiger partial charge on any atom is 0.428 e. The van der Waals surface area contributed by atoms with Crippen molar-refractivity contribution in [3.63, 3.8) is 0 Å². The fraction of sp³-hybridized carbons (Fsp3) is 0.462. The Hall–Kier alpha value is -3.69. The molecule has 1 fully saturated rings. The second kappa shape index (κ2) is 10.9. The van der Waals surface area contributed by atoms with Crippen molar-refractivity contribution in [3.05, 3.63) is 59.0 Å². The van der Waals surface area contributed by atoms with Crippen LogP contribution in [0.3, 0.4) is 0 Å². The van der Waals surface area contributed by atoms with Gasteiger partial charge in [0.05, 0.1) is 7.11 Å². The number of carbonyl (C=O) groups excluding carboxylic acids is 2. The fourth-order valence-electron chi connectivity index (χ4n) is 5.02. The number of ether oxygens (including phenoxy) is 2. The first-order chi connectivity index (χ1) is 17.3. The summed E-state index contributed by atoms with van der Waals surface area (Å²) in [5, 5.41) is 10.0. The minimum Gasteiger partial charge on any atom is -0.481 e. The maximum absolute atomic E-state index is 13.8. The molecule has 36 heavy (non-hydrogen) atoms. The first-order valence-electron chi connectivity index (χ1n) is 12.2. The number of aryl methyl sites for hydroxylation is 1. The molecular formula is C26H32FN5O4. The summed E-state index contributed by atoms with van der Waals surface area (Å²) in [6.07, 6.45) is 4.81. The van der Waals surface area contributed by atoms with Crippen molar-refractivity contribution in [3.8, 4) is 5.88 Å². The van der Waals surface area contributed by atoms with Gasteiger partial charge in [0.1, 0.15) is 11.5 Å². The van der Waals surface area contributed by atoms with Crippen LogP contribution in [0.15, 0.2) is 41.6 Å². The molecule has 1 aromatic heterocycles. The Morgan fingerprint density at radius 3 is 2.78 bits per heavy atom. The van der Waals surface area contributed by atoms with Gasteiger partial charge < -0.3 is 20.1 Å². The number of halogens is 1. The molecule has 0 unspecified atom stereocenters. The van der Waals surface area contributed by atoms with Gasteiger partial charge in [-0.2, -0.15) is 5.10 Å². The molecule has 3 N–H and O–H groups in total. The normalized spacial score (nSPS) is 22.2. The number of urea groups is 1. The van der Waals surface area contributed by atoms with E-state index in [1.165, 1.54) is 6.07 Å². The number of rotatable bonds is 7. The number of nitrogens with zero attached hydrogens (tertiary/aromatic N) is 2. The second-order valence-corrected chi connectivity index (χ2v) is 9.50. The number of aromatic nitrogens is 1. The highest BCUT2D eigenvalue weighted by Crippen LogP contribution is 2.41. The predicted octanol–water partition coefficient (Wildman–Crippen LogP) is 4.19. The molecule has 1 aliphatic heterocycles. The zero-order valence-electron chi connectivity index (χ0n) is 20.8. The molecular weight excluding hydrogens is 465 g/mol. The first-order valence-corrected chi connectivity index (χ1v) is 12.2. The summed E-state index contributed by atoms with van der Waals surface area (Å²) in [7, 11) is 1.56. The zero-order chi connectivity index (χ0) is 25.7. The largest absolute Gasteiger partial charge is 0.481 e. The van der Waals surface area contributed by atoms with Gasteiger partial charge in [0.15, 0.2) is 5.60 Å². The van der Waals surface area contributed by atoms with E-state index >= 15 is 0 Å². The lowest BCUT2D eigenvalue weighted by molar-refractivity contribution is 0.0155. The van der Waals surface area contributed by atoms with E-state index in [4.69, 9.17) is 9.47 Å². The van der Waals surface area contributed by atoms with Crippen LogP contribution < -0.4 is 20.8 Å². The van der Waals surface area contributed by atoms with Gasteiger partial charge in [-0.1, -0.05) is 18.2 Å². The van der Waals surface area contributed by atoms with Gasteiger partial charge in [0.25, 0.3) is 0 Å². The SMILES string of the molecule is COc1cc(C)c(C2=NNC(=O)OC23CCC(C[C@H](C)NC(=O)NCc2ccccc2F)CC3)cn1. The van der Waals surface area contributed by atoms with Crippen LogP contribution in [0.4, 0.5) is 14.0 Å². The van der Waals surface area contributed by atoms with E-state index in [9.17, 15) is 14.0 Å². The summed E-state index contributed by atoms with van der Waals surface area (Å²) in [6, 6.07) is 7.80. The Bertz CT molecular complexity index is 1150. The molecule has 2 aromatic rings. The lowest BCUT2D eigenvalue weighted by Gasteiger charge is -2.42. The Morgan fingerprint density at radius 1 is 1.33 bits per heavy atom. The predicted molar refractivity (Wildman–Crippen MR) is 132 cm³/mol. The van der Waals surface area contributed by atoms with E-state index in [1.807, 2.05) is 19.9 Å². The molecule has 2 aliphatic rings. The molecule has 9 nitrogen and oxygen atoms in total. The average molecular weight is 498 g/mol. The maximum atomic E-state index is 13.8. The topological polar surface area (TPSA) is 114 Å². The first kappa shape index (κ1) is 25.4. The Balaban J connectivity index is 1.33. The summed E-state index contributed by atoms with van der Waals surface area (Å²) in [5.74, 6) is 0.515. The molecule has 0 bridgehead atoms. The van der Waals surface area contributed by atoms with E-state index in [1.54, 1.807) is 31.5 Å². The average Bonchev–Trinajstić information content (AvgIpc) is 2.85. The van der Waals surface area contributed by atoms with Crippen molar-refractivity contribution in [1.82, 2.24) is 21.0 Å². The van der Waals surface area contributed by atoms with Crippen LogP contribution in [0.25, 0.3) is 0 Å². The Labute approximate surface area is 209 Å². The molecule has 10 heteroatoms. The number of nitrogens with one attached hydrogen (secondary N) is 3. The van der Waals surface area contributed by atoms with Crippen molar-refractivity contribution >= 4 is 17.8 Å². The van der Waals surface area contributed by atoms with Crippen LogP contribution in [-0.2, 0) is 11.3 Å². The van der Waals surface area contributed by atoms with E-state index in [0.717, 1.165) is 30.4 Å². The minimum absolute atomic E-state index is 0.0681. The quantitative estimate of drug-likeness (QED) is 0.531. The smallest absolute Gasteiger partial charge is 0.428 e. The minimum atomic E-state index is -0.812. The molecule has 1 spiro atoms. The number of hydrazone groups is 1. The summed E-state index contributed by atoms with van der Waals surface area (Å²) >= 11 is 0. The lowest BCUT2D eigenvalue weighted by atomic mass is 9.72. The molecule has 2 heterocycles. The summed E-state index contributed by atoms with van der Waals surface area (Å²) in [5.41, 5.74) is 4.49. The van der Waals surface area contributed by atoms with Crippen molar-refractivity contribution in [1.29, 1.82) is 0 Å². The number of methoxy groups -OCH3 is 1. The highest BCUT2D eigenvalue weighted by molar-refractivity contribution is 6.09. The number of hydrogen-bond donors (Lipinski definition) is 3. The molecule has 1 atom stereocenters. The molecule has 1 aromatic carbocycles. The van der Waals surface area contributed by atoms with Gasteiger partial charge >= 0.3 is 12.1 Å². The highest BCUT2D eigenvalue weighted by Gasteiger charge is 2.46. The van der Waals surface area contributed by atoms with Gasteiger partial charge in [0.2, 0.25) is 5.88 Å². The third-order valence-electron chi connectivity index (χ3n) is 6.90. The second-order valence-electron chi connectivity index (χ2n) is 9.50. The Kier molecular flexibility index (Phi) is 7.71. The van der Waals surface area contributed by atoms with Gasteiger partial charge in [-0.25, -0.2) is 24.4 Å². The summed E-state index contributed by atoms with van der Waals surface area (Å²) < 4.78 is 24.8. The van der Waals surface area contributed by atoms with Crippen molar-refractivity contribution < 1.29 is 23.5 Å². The molecule has 3 amide bonds. The van der Waals surface area contributed by atoms with Crippen molar-refractivity contribution in [2.24, 2.45) is 11.0 Å². The molecule has 4 rings (SSSR count). The van der Waals surface area contributed by atoms with Crippen molar-refractivity contribution in [2.75, 3.05) is 7.11 Å². The monoisotopic (exact) mass is 497 g/mol. The van der Waals surface area contributed by atoms with Gasteiger partial charge in [0, 0.05) is 36.0 Å². The van der Waals surface area contributed by atoms with E-state index in [2.05, 4.69) is 26.1 Å². The number of benzene rings is 1. The van der Waals surface area contributed by atoms with Crippen LogP contribution in [0.5, 0.6) is 5.88 Å². The van der Waals surface area contributed by atoms with Crippen molar-refractivity contribution in [2.45, 2.75) is 64.1 Å². The van der Waals surface area contributed by atoms with E-state index in [0.29, 0.717) is 35.9 Å². The molecule has 192 valence electrons. The van der Waals surface area contributed by atoms with Crippen LogP contribution in [0, 0.1) is 18.7 Å². The van der Waals surface area contributed by atoms with Crippen LogP contribution in [-0.4, -0.2) is 41.6 Å². The lowest BCUT2D eigenvalue weighted by Crippen LogP contribution is -2.52. The molecule has 0 radical (unpaired) electrons. The molecule has 1 aliphatic carbocycles. The van der Waals surface area contributed by atoms with E-state index in [-0.39, 0.29) is 24.4 Å². The zero-order valence-corrected chi connectivity index (χ0v) is 20.8. The number of amides is 3. The summed E-state index contributed by atoms with van der Waals surface area (Å²) in [6.45, 7) is 4.03. The fourth-order valence-corrected chi connectivity index (χ4v) is 5.02. The number of pyridine rings is 1. The van der Waals surface area contributed by atoms with Gasteiger partial charge in [-0.05, 0) is 63.5 Å².